The molecule has 3 heterocycles. The molecule has 2 aromatic carbocycles. The number of benzene rings is 2. The number of nitrogens with one attached hydrogen (secondary N) is 3. The number of hydrazone groups is 1. The molecule has 0 unspecified atom stereocenters. The lowest BCUT2D eigenvalue weighted by Crippen LogP contribution is -2.03. The van der Waals surface area contributed by atoms with Crippen LogP contribution in [-0.2, 0) is 0 Å². The van der Waals surface area contributed by atoms with E-state index in [-0.39, 0.29) is 11.3 Å². The van der Waals surface area contributed by atoms with E-state index in [0.717, 1.165) is 28.3 Å². The maximum absolute atomic E-state index is 5.19. The number of ether oxygens (including phenoxy) is 1. The molecule has 0 aliphatic heterocycles. The van der Waals surface area contributed by atoms with E-state index >= 15 is 0 Å². The Bertz CT molecular complexity index is 1360. The molecule has 32 heavy (non-hydrogen) atoms. The molecule has 11 heteroatoms. The molecule has 3 N–H and O–H groups in total. The summed E-state index contributed by atoms with van der Waals surface area (Å²) in [5, 5.41) is 22.1. The van der Waals surface area contributed by atoms with Gasteiger partial charge in [-0.3, -0.25) is 10.5 Å². The molecule has 0 aliphatic carbocycles. The Morgan fingerprint density at radius 3 is 2.47 bits per heavy atom. The highest BCUT2D eigenvalue weighted by atomic mass is 16.6. The van der Waals surface area contributed by atoms with Gasteiger partial charge in [-0.2, -0.15) is 15.2 Å². The third kappa shape index (κ3) is 3.94. The van der Waals surface area contributed by atoms with Crippen LogP contribution in [0.2, 0.25) is 0 Å². The largest absolute Gasteiger partial charge is 0.497 e. The van der Waals surface area contributed by atoms with E-state index in [1.54, 1.807) is 19.5 Å². The predicted octanol–water partition coefficient (Wildman–Crippen LogP) is 3.60. The molecule has 0 saturated carbocycles. The Kier molecular flexibility index (Phi) is 5.10. The summed E-state index contributed by atoms with van der Waals surface area (Å²) >= 11 is 0. The second kappa shape index (κ2) is 8.52. The number of fused-ring (bicyclic) bond motifs is 1. The molecule has 3 aromatic heterocycles. The number of hydrogen-bond donors (Lipinski definition) is 3. The third-order valence-electron chi connectivity index (χ3n) is 4.57. The second-order valence-electron chi connectivity index (χ2n) is 6.62. The van der Waals surface area contributed by atoms with Crippen LogP contribution in [0.4, 0.5) is 17.3 Å². The van der Waals surface area contributed by atoms with Crippen molar-refractivity contribution in [1.82, 2.24) is 30.5 Å². The van der Waals surface area contributed by atoms with E-state index in [2.05, 4.69) is 46.3 Å². The van der Waals surface area contributed by atoms with Crippen molar-refractivity contribution in [2.75, 3.05) is 17.9 Å². The standard InChI is InChI=1S/C21H17N9O2/c1-31-16-9-7-15(8-10-16)24-18-19(26-21-20(25-18)29-32-30-21)28-23-12-14-11-22-27-17(14)13-5-3-2-4-6-13/h2-12H,1H3,(H,22,27)(H,24,25,29)(H,26,28,30). The minimum Gasteiger partial charge on any atom is -0.497 e. The number of aromatic nitrogens is 6. The van der Waals surface area contributed by atoms with E-state index in [4.69, 9.17) is 9.37 Å². The van der Waals surface area contributed by atoms with Crippen LogP contribution < -0.4 is 15.5 Å². The lowest BCUT2D eigenvalue weighted by Gasteiger charge is -2.09. The molecule has 0 aliphatic rings. The van der Waals surface area contributed by atoms with Gasteiger partial charge in [0.2, 0.25) is 11.3 Å². The van der Waals surface area contributed by atoms with Gasteiger partial charge in [-0.15, -0.1) is 0 Å². The van der Waals surface area contributed by atoms with Crippen molar-refractivity contribution in [3.8, 4) is 17.0 Å². The highest BCUT2D eigenvalue weighted by molar-refractivity contribution is 5.89. The van der Waals surface area contributed by atoms with E-state index in [1.807, 2.05) is 54.6 Å². The van der Waals surface area contributed by atoms with Gasteiger partial charge in [0.15, 0.2) is 11.6 Å². The SMILES string of the molecule is COc1ccc(Nc2nc3nonc3nc2NN=Cc2cn[nH]c2-c2ccccc2)cc1. The van der Waals surface area contributed by atoms with Crippen LogP contribution in [0.15, 0.2) is 70.5 Å². The number of nitrogens with zero attached hydrogens (tertiary/aromatic N) is 6. The van der Waals surface area contributed by atoms with Crippen LogP contribution in [-0.4, -0.2) is 43.8 Å². The molecule has 5 aromatic rings. The molecule has 0 radical (unpaired) electrons. The lowest BCUT2D eigenvalue weighted by molar-refractivity contribution is 0.314. The third-order valence-corrected chi connectivity index (χ3v) is 4.57. The fourth-order valence-electron chi connectivity index (χ4n) is 3.01. The summed E-state index contributed by atoms with van der Waals surface area (Å²) in [5.74, 6) is 1.51. The van der Waals surface area contributed by atoms with Gasteiger partial charge in [0, 0.05) is 16.8 Å². The lowest BCUT2D eigenvalue weighted by atomic mass is 10.1. The van der Waals surface area contributed by atoms with Crippen molar-refractivity contribution in [3.63, 3.8) is 0 Å². The van der Waals surface area contributed by atoms with E-state index in [0.29, 0.717) is 11.6 Å². The summed E-state index contributed by atoms with van der Waals surface area (Å²) in [6.07, 6.45) is 3.34. The summed E-state index contributed by atoms with van der Waals surface area (Å²) in [4.78, 5) is 8.83. The fourth-order valence-corrected chi connectivity index (χ4v) is 3.01. The van der Waals surface area contributed by atoms with Gasteiger partial charge in [0.25, 0.3) is 0 Å². The van der Waals surface area contributed by atoms with Gasteiger partial charge in [0.1, 0.15) is 5.75 Å². The first-order chi connectivity index (χ1) is 15.8. The highest BCUT2D eigenvalue weighted by Gasteiger charge is 2.13. The maximum atomic E-state index is 5.19. The Hall–Kier alpha value is -4.80. The monoisotopic (exact) mass is 427 g/mol. The van der Waals surface area contributed by atoms with Crippen LogP contribution in [0.5, 0.6) is 5.75 Å². The number of anilines is 3. The van der Waals surface area contributed by atoms with Crippen molar-refractivity contribution >= 4 is 34.8 Å². The summed E-state index contributed by atoms with van der Waals surface area (Å²) in [6, 6.07) is 17.3. The van der Waals surface area contributed by atoms with E-state index in [9.17, 15) is 0 Å². The van der Waals surface area contributed by atoms with E-state index in [1.165, 1.54) is 0 Å². The van der Waals surface area contributed by atoms with Gasteiger partial charge in [0.05, 0.1) is 25.2 Å². The zero-order chi connectivity index (χ0) is 21.8. The minimum absolute atomic E-state index is 0.260. The molecule has 0 saturated heterocycles. The molecule has 0 bridgehead atoms. The molecule has 158 valence electrons. The molecule has 0 spiro atoms. The summed E-state index contributed by atoms with van der Waals surface area (Å²) < 4.78 is 9.93. The molecule has 5 rings (SSSR count). The van der Waals surface area contributed by atoms with Crippen molar-refractivity contribution in [3.05, 3.63) is 66.4 Å². The van der Waals surface area contributed by atoms with Gasteiger partial charge in [-0.05, 0) is 34.6 Å². The maximum Gasteiger partial charge on any atom is 0.245 e. The van der Waals surface area contributed by atoms with Crippen LogP contribution >= 0.6 is 0 Å². The Balaban J connectivity index is 1.41. The van der Waals surface area contributed by atoms with Crippen molar-refractivity contribution in [2.24, 2.45) is 5.10 Å². The van der Waals surface area contributed by atoms with Crippen molar-refractivity contribution in [1.29, 1.82) is 0 Å². The molecular formula is C21H17N9O2. The Morgan fingerprint density at radius 2 is 1.72 bits per heavy atom. The normalized spacial score (nSPS) is 11.2. The van der Waals surface area contributed by atoms with Crippen LogP contribution in [0.25, 0.3) is 22.6 Å². The molecule has 0 amide bonds. The second-order valence-corrected chi connectivity index (χ2v) is 6.62. The first kappa shape index (κ1) is 19.2. The molecule has 11 nitrogen and oxygen atoms in total. The number of aromatic amines is 1. The van der Waals surface area contributed by atoms with Gasteiger partial charge in [-0.1, -0.05) is 30.3 Å². The number of hydrogen-bond acceptors (Lipinski definition) is 10. The smallest absolute Gasteiger partial charge is 0.245 e. The molecule has 0 fully saturated rings. The van der Waals surface area contributed by atoms with Gasteiger partial charge < -0.3 is 10.1 Å². The number of rotatable bonds is 7. The van der Waals surface area contributed by atoms with Crippen LogP contribution in [0, 0.1) is 0 Å². The summed E-state index contributed by atoms with van der Waals surface area (Å²) in [7, 11) is 1.61. The van der Waals surface area contributed by atoms with Crippen LogP contribution in [0.1, 0.15) is 5.56 Å². The Morgan fingerprint density at radius 1 is 0.969 bits per heavy atom. The first-order valence-electron chi connectivity index (χ1n) is 9.59. The minimum atomic E-state index is 0.260. The molecule has 0 atom stereocenters. The van der Waals surface area contributed by atoms with Crippen LogP contribution in [0.3, 0.4) is 0 Å². The van der Waals surface area contributed by atoms with E-state index < -0.39 is 0 Å². The first-order valence-corrected chi connectivity index (χ1v) is 9.59. The predicted molar refractivity (Wildman–Crippen MR) is 119 cm³/mol. The molecular weight excluding hydrogens is 410 g/mol. The average molecular weight is 427 g/mol. The van der Waals surface area contributed by atoms with Gasteiger partial charge in [-0.25, -0.2) is 9.61 Å². The van der Waals surface area contributed by atoms with Gasteiger partial charge >= 0.3 is 0 Å². The van der Waals surface area contributed by atoms with Crippen molar-refractivity contribution < 1.29 is 9.37 Å². The van der Waals surface area contributed by atoms with Crippen molar-refractivity contribution in [2.45, 2.75) is 0 Å². The fraction of sp³-hybridized carbons (Fsp3) is 0.0476. The zero-order valence-corrected chi connectivity index (χ0v) is 16.9. The average Bonchev–Trinajstić information content (AvgIpc) is 3.49. The summed E-state index contributed by atoms with van der Waals surface area (Å²) in [6.45, 7) is 0. The number of H-pyrrole nitrogens is 1. The number of methoxy groups -OCH3 is 1. The highest BCUT2D eigenvalue weighted by Crippen LogP contribution is 2.25. The Labute approximate surface area is 181 Å². The topological polar surface area (TPSA) is 139 Å². The quantitative estimate of drug-likeness (QED) is 0.262. The zero-order valence-electron chi connectivity index (χ0n) is 16.9. The summed E-state index contributed by atoms with van der Waals surface area (Å²) in [5.41, 5.74) is 6.90.